The van der Waals surface area contributed by atoms with Crippen LogP contribution in [-0.2, 0) is 16.1 Å². The Bertz CT molecular complexity index is 857. The van der Waals surface area contributed by atoms with E-state index in [4.69, 9.17) is 27.9 Å². The topological polar surface area (TPSA) is 58.6 Å². The van der Waals surface area contributed by atoms with Crippen LogP contribution in [0.4, 0.5) is 0 Å². The second-order valence-corrected chi connectivity index (χ2v) is 9.09. The molecule has 8 heteroatoms. The number of benzene rings is 2. The normalized spacial score (nSPS) is 11.6. The van der Waals surface area contributed by atoms with Gasteiger partial charge in [0.15, 0.2) is 6.61 Å². The first-order valence-corrected chi connectivity index (χ1v) is 12.1. The molecule has 0 aliphatic rings. The van der Waals surface area contributed by atoms with Crippen LogP contribution in [0.3, 0.4) is 0 Å². The van der Waals surface area contributed by atoms with Crippen LogP contribution in [0.25, 0.3) is 0 Å². The number of amides is 2. The molecule has 0 spiro atoms. The SMILES string of the molecule is CCCCNC(=O)C(CC)N(Cc1c(Cl)cccc1Cl)C(=O)COc1ccc(I)cc1. The molecule has 0 aliphatic carbocycles. The van der Waals surface area contributed by atoms with Gasteiger partial charge < -0.3 is 15.0 Å². The summed E-state index contributed by atoms with van der Waals surface area (Å²) in [6.07, 6.45) is 2.30. The highest BCUT2D eigenvalue weighted by atomic mass is 127. The average molecular weight is 577 g/mol. The third-order valence-electron chi connectivity index (χ3n) is 4.78. The second-order valence-electron chi connectivity index (χ2n) is 7.03. The molecule has 5 nitrogen and oxygen atoms in total. The maximum Gasteiger partial charge on any atom is 0.261 e. The van der Waals surface area contributed by atoms with Crippen molar-refractivity contribution in [2.45, 2.75) is 45.7 Å². The van der Waals surface area contributed by atoms with Crippen LogP contribution in [-0.4, -0.2) is 35.9 Å². The van der Waals surface area contributed by atoms with E-state index >= 15 is 0 Å². The Labute approximate surface area is 207 Å². The highest BCUT2D eigenvalue weighted by Crippen LogP contribution is 2.27. The van der Waals surface area contributed by atoms with Gasteiger partial charge in [0.05, 0.1) is 0 Å². The van der Waals surface area contributed by atoms with Crippen molar-refractivity contribution in [2.24, 2.45) is 0 Å². The largest absolute Gasteiger partial charge is 0.484 e. The van der Waals surface area contributed by atoms with E-state index in [1.807, 2.05) is 19.1 Å². The minimum absolute atomic E-state index is 0.118. The number of carbonyl (C=O) groups is 2. The number of carbonyl (C=O) groups excluding carboxylic acids is 2. The molecule has 168 valence electrons. The molecule has 0 saturated carbocycles. The summed E-state index contributed by atoms with van der Waals surface area (Å²) in [4.78, 5) is 27.5. The minimum Gasteiger partial charge on any atom is -0.484 e. The zero-order valence-electron chi connectivity index (χ0n) is 17.7. The first-order valence-electron chi connectivity index (χ1n) is 10.3. The fourth-order valence-electron chi connectivity index (χ4n) is 3.04. The number of rotatable bonds is 11. The molecule has 2 rings (SSSR count). The summed E-state index contributed by atoms with van der Waals surface area (Å²) in [5.41, 5.74) is 0.605. The Kier molecular flexibility index (Phi) is 10.9. The molecule has 1 N–H and O–H groups in total. The predicted octanol–water partition coefficient (Wildman–Crippen LogP) is 5.70. The zero-order chi connectivity index (χ0) is 22.8. The van der Waals surface area contributed by atoms with E-state index in [0.29, 0.717) is 34.3 Å². The number of ether oxygens (including phenoxy) is 1. The number of nitrogens with zero attached hydrogens (tertiary/aromatic N) is 1. The minimum atomic E-state index is -0.656. The van der Waals surface area contributed by atoms with Gasteiger partial charge in [0.2, 0.25) is 5.91 Å². The highest BCUT2D eigenvalue weighted by molar-refractivity contribution is 14.1. The molecule has 0 radical (unpaired) electrons. The average Bonchev–Trinajstić information content (AvgIpc) is 2.75. The first kappa shape index (κ1) is 25.7. The van der Waals surface area contributed by atoms with Crippen LogP contribution in [0.5, 0.6) is 5.75 Å². The molecular weight excluding hydrogens is 550 g/mol. The van der Waals surface area contributed by atoms with E-state index < -0.39 is 6.04 Å². The van der Waals surface area contributed by atoms with E-state index in [0.717, 1.165) is 16.4 Å². The Morgan fingerprint density at radius 3 is 2.32 bits per heavy atom. The van der Waals surface area contributed by atoms with Gasteiger partial charge in [-0.1, -0.05) is 49.5 Å². The van der Waals surface area contributed by atoms with Gasteiger partial charge in [-0.2, -0.15) is 0 Å². The lowest BCUT2D eigenvalue weighted by Crippen LogP contribution is -2.50. The lowest BCUT2D eigenvalue weighted by atomic mass is 10.1. The Morgan fingerprint density at radius 1 is 1.10 bits per heavy atom. The van der Waals surface area contributed by atoms with E-state index in [2.05, 4.69) is 34.8 Å². The smallest absolute Gasteiger partial charge is 0.261 e. The van der Waals surface area contributed by atoms with Gasteiger partial charge in [0.25, 0.3) is 5.91 Å². The summed E-state index contributed by atoms with van der Waals surface area (Å²) in [6, 6.07) is 11.9. The lowest BCUT2D eigenvalue weighted by molar-refractivity contribution is -0.143. The second kappa shape index (κ2) is 13.1. The van der Waals surface area contributed by atoms with E-state index in [-0.39, 0.29) is 25.0 Å². The molecular formula is C23H27Cl2IN2O3. The third kappa shape index (κ3) is 7.84. The van der Waals surface area contributed by atoms with Gasteiger partial charge in [-0.3, -0.25) is 9.59 Å². The summed E-state index contributed by atoms with van der Waals surface area (Å²) >= 11 is 14.9. The zero-order valence-corrected chi connectivity index (χ0v) is 21.3. The summed E-state index contributed by atoms with van der Waals surface area (Å²) in [5.74, 6) is 0.0821. The molecule has 0 aromatic heterocycles. The molecule has 2 aromatic carbocycles. The number of unbranched alkanes of at least 4 members (excludes halogenated alkanes) is 1. The van der Waals surface area contributed by atoms with E-state index in [9.17, 15) is 9.59 Å². The van der Waals surface area contributed by atoms with Crippen molar-refractivity contribution < 1.29 is 14.3 Å². The Hall–Kier alpha value is -1.51. The molecule has 0 bridgehead atoms. The molecule has 0 aliphatic heterocycles. The summed E-state index contributed by atoms with van der Waals surface area (Å²) in [6.45, 7) is 4.42. The van der Waals surface area contributed by atoms with Crippen LogP contribution in [0, 0.1) is 3.57 Å². The fraction of sp³-hybridized carbons (Fsp3) is 0.391. The molecule has 1 atom stereocenters. The number of halogens is 3. The van der Waals surface area contributed by atoms with Gasteiger partial charge in [0.1, 0.15) is 11.8 Å². The van der Waals surface area contributed by atoms with Crippen LogP contribution in [0.1, 0.15) is 38.7 Å². The molecule has 2 aromatic rings. The summed E-state index contributed by atoms with van der Waals surface area (Å²) in [7, 11) is 0. The van der Waals surface area contributed by atoms with Crippen molar-refractivity contribution in [1.82, 2.24) is 10.2 Å². The molecule has 31 heavy (non-hydrogen) atoms. The van der Waals surface area contributed by atoms with Crippen molar-refractivity contribution in [3.63, 3.8) is 0 Å². The lowest BCUT2D eigenvalue weighted by Gasteiger charge is -2.31. The highest BCUT2D eigenvalue weighted by Gasteiger charge is 2.29. The predicted molar refractivity (Wildman–Crippen MR) is 134 cm³/mol. The fourth-order valence-corrected chi connectivity index (χ4v) is 3.91. The van der Waals surface area contributed by atoms with Crippen LogP contribution < -0.4 is 10.1 Å². The quantitative estimate of drug-likeness (QED) is 0.276. The van der Waals surface area contributed by atoms with Crippen molar-refractivity contribution >= 4 is 57.6 Å². The Balaban J connectivity index is 2.23. The number of hydrogen-bond acceptors (Lipinski definition) is 3. The van der Waals surface area contributed by atoms with Gasteiger partial charge >= 0.3 is 0 Å². The molecule has 0 fully saturated rings. The Morgan fingerprint density at radius 2 is 1.74 bits per heavy atom. The number of nitrogens with one attached hydrogen (secondary N) is 1. The monoisotopic (exact) mass is 576 g/mol. The molecule has 0 heterocycles. The van der Waals surface area contributed by atoms with Crippen molar-refractivity contribution in [2.75, 3.05) is 13.2 Å². The first-order chi connectivity index (χ1) is 14.9. The van der Waals surface area contributed by atoms with Gasteiger partial charge in [-0.25, -0.2) is 0 Å². The third-order valence-corrected chi connectivity index (χ3v) is 6.21. The maximum absolute atomic E-state index is 13.2. The molecule has 0 saturated heterocycles. The molecule has 1 unspecified atom stereocenters. The summed E-state index contributed by atoms with van der Waals surface area (Å²) in [5, 5.41) is 3.82. The number of hydrogen-bond donors (Lipinski definition) is 1. The van der Waals surface area contributed by atoms with Gasteiger partial charge in [0, 0.05) is 32.3 Å². The van der Waals surface area contributed by atoms with Crippen molar-refractivity contribution in [1.29, 1.82) is 0 Å². The van der Waals surface area contributed by atoms with Crippen molar-refractivity contribution in [3.8, 4) is 5.75 Å². The van der Waals surface area contributed by atoms with E-state index in [1.165, 1.54) is 4.90 Å². The van der Waals surface area contributed by atoms with Crippen LogP contribution >= 0.6 is 45.8 Å². The van der Waals surface area contributed by atoms with E-state index in [1.54, 1.807) is 30.3 Å². The van der Waals surface area contributed by atoms with Gasteiger partial charge in [-0.15, -0.1) is 0 Å². The maximum atomic E-state index is 13.2. The molecule has 2 amide bonds. The standard InChI is InChI=1S/C23H27Cl2IN2O3/c1-3-5-13-27-23(30)21(4-2)28(14-18-19(24)7-6-8-20(18)25)22(29)15-31-17-11-9-16(26)10-12-17/h6-12,21H,3-5,13-15H2,1-2H3,(H,27,30). The van der Waals surface area contributed by atoms with Crippen LogP contribution in [0.2, 0.25) is 10.0 Å². The summed E-state index contributed by atoms with van der Waals surface area (Å²) < 4.78 is 6.75. The van der Waals surface area contributed by atoms with Gasteiger partial charge in [-0.05, 0) is 71.8 Å². The van der Waals surface area contributed by atoms with Crippen LogP contribution in [0.15, 0.2) is 42.5 Å². The van der Waals surface area contributed by atoms with Crippen molar-refractivity contribution in [3.05, 3.63) is 61.6 Å².